The van der Waals surface area contributed by atoms with Crippen LogP contribution >= 0.6 is 11.3 Å². The fourth-order valence-electron chi connectivity index (χ4n) is 3.03. The molecule has 1 aromatic heterocycles. The van der Waals surface area contributed by atoms with Gasteiger partial charge in [0.1, 0.15) is 16.4 Å². The molecule has 0 bridgehead atoms. The smallest absolute Gasteiger partial charge is 0.263 e. The summed E-state index contributed by atoms with van der Waals surface area (Å²) in [6, 6.07) is 3.84. The Balaban J connectivity index is 1.91. The van der Waals surface area contributed by atoms with E-state index in [4.69, 9.17) is 4.74 Å². The van der Waals surface area contributed by atoms with E-state index in [-0.39, 0.29) is 23.7 Å². The molecule has 1 aliphatic carbocycles. The average molecular weight is 350 g/mol. The highest BCUT2D eigenvalue weighted by Crippen LogP contribution is 2.41. The first-order valence-electron chi connectivity index (χ1n) is 7.72. The van der Waals surface area contributed by atoms with Crippen LogP contribution in [0.4, 0.5) is 4.39 Å². The zero-order chi connectivity index (χ0) is 17.3. The molecule has 1 aliphatic rings. The van der Waals surface area contributed by atoms with Crippen molar-refractivity contribution in [3.63, 3.8) is 0 Å². The number of aromatic nitrogens is 1. The molecular weight excluding hydrogens is 331 g/mol. The molecule has 3 rings (SSSR count). The van der Waals surface area contributed by atoms with E-state index in [0.717, 1.165) is 0 Å². The summed E-state index contributed by atoms with van der Waals surface area (Å²) in [5, 5.41) is 12.6. The Morgan fingerprint density at radius 3 is 2.83 bits per heavy atom. The number of benzene rings is 1. The number of carbonyl (C=O) groups is 1. The number of methoxy groups -OCH3 is 1. The molecule has 2 N–H and O–H groups in total. The van der Waals surface area contributed by atoms with Crippen LogP contribution in [-0.2, 0) is 0 Å². The molecule has 1 aromatic carbocycles. The van der Waals surface area contributed by atoms with Crippen LogP contribution in [0, 0.1) is 18.7 Å². The molecule has 1 fully saturated rings. The van der Waals surface area contributed by atoms with E-state index >= 15 is 0 Å². The number of nitrogens with zero attached hydrogens (tertiary/aromatic N) is 1. The van der Waals surface area contributed by atoms with E-state index in [1.165, 1.54) is 30.6 Å². The molecule has 5 nitrogen and oxygen atoms in total. The number of rotatable bonds is 5. The summed E-state index contributed by atoms with van der Waals surface area (Å²) in [7, 11) is 1.51. The van der Waals surface area contributed by atoms with Gasteiger partial charge in [0.15, 0.2) is 0 Å². The van der Waals surface area contributed by atoms with E-state index < -0.39 is 6.04 Å². The first-order chi connectivity index (χ1) is 11.5. The molecule has 0 saturated heterocycles. The molecule has 7 heteroatoms. The van der Waals surface area contributed by atoms with Crippen LogP contribution in [0.1, 0.15) is 39.8 Å². The van der Waals surface area contributed by atoms with Gasteiger partial charge in [-0.25, -0.2) is 9.37 Å². The van der Waals surface area contributed by atoms with E-state index in [1.807, 2.05) is 0 Å². The average Bonchev–Trinajstić information content (AvgIpc) is 2.96. The van der Waals surface area contributed by atoms with Gasteiger partial charge in [0, 0.05) is 5.56 Å². The third kappa shape index (κ3) is 3.27. The molecule has 0 aliphatic heterocycles. The lowest BCUT2D eigenvalue weighted by Gasteiger charge is -2.38. The van der Waals surface area contributed by atoms with Crippen molar-refractivity contribution in [1.29, 1.82) is 0 Å². The van der Waals surface area contributed by atoms with Crippen molar-refractivity contribution in [2.45, 2.75) is 31.9 Å². The van der Waals surface area contributed by atoms with E-state index in [2.05, 4.69) is 10.3 Å². The lowest BCUT2D eigenvalue weighted by Crippen LogP contribution is -2.41. The van der Waals surface area contributed by atoms with Gasteiger partial charge in [0.25, 0.3) is 5.91 Å². The van der Waals surface area contributed by atoms with Gasteiger partial charge < -0.3 is 15.2 Å². The number of hydrogen-bond donors (Lipinski definition) is 2. The van der Waals surface area contributed by atoms with Crippen LogP contribution in [0.5, 0.6) is 5.75 Å². The summed E-state index contributed by atoms with van der Waals surface area (Å²) < 4.78 is 19.1. The van der Waals surface area contributed by atoms with Gasteiger partial charge >= 0.3 is 0 Å². The van der Waals surface area contributed by atoms with Crippen molar-refractivity contribution in [3.8, 4) is 5.75 Å². The summed E-state index contributed by atoms with van der Waals surface area (Å²) in [5.41, 5.74) is 2.87. The highest BCUT2D eigenvalue weighted by atomic mass is 32.1. The molecular formula is C17H19FN2O3S. The topological polar surface area (TPSA) is 71.5 Å². The number of hydrogen-bond acceptors (Lipinski definition) is 5. The van der Waals surface area contributed by atoms with Crippen molar-refractivity contribution < 1.29 is 19.0 Å². The summed E-state index contributed by atoms with van der Waals surface area (Å²) in [4.78, 5) is 17.2. The van der Waals surface area contributed by atoms with Gasteiger partial charge in [-0.2, -0.15) is 0 Å². The van der Waals surface area contributed by atoms with Gasteiger partial charge in [-0.05, 0) is 43.9 Å². The maximum Gasteiger partial charge on any atom is 0.263 e. The standard InChI is InChI=1S/C17H19FN2O3S/c1-9-16(24-8-19-9)17(22)20-15(10-5-12(21)6-10)13-7-11(18)3-4-14(13)23-2/h3-4,7-8,10,12,15,21H,5-6H2,1-2H3,(H,20,22)/t10?,12?,15-/m1/s1. The summed E-state index contributed by atoms with van der Waals surface area (Å²) >= 11 is 1.27. The van der Waals surface area contributed by atoms with Gasteiger partial charge in [0.05, 0.1) is 30.5 Å². The predicted molar refractivity (Wildman–Crippen MR) is 88.7 cm³/mol. The number of aryl methyl sites for hydroxylation is 1. The first-order valence-corrected chi connectivity index (χ1v) is 8.60. The Morgan fingerprint density at radius 2 is 2.25 bits per heavy atom. The summed E-state index contributed by atoms with van der Waals surface area (Å²) in [5.74, 6) is -0.0800. The zero-order valence-electron chi connectivity index (χ0n) is 13.5. The number of amides is 1. The van der Waals surface area contributed by atoms with Gasteiger partial charge in [-0.1, -0.05) is 0 Å². The van der Waals surface area contributed by atoms with Crippen LogP contribution in [0.3, 0.4) is 0 Å². The number of aliphatic hydroxyl groups is 1. The minimum Gasteiger partial charge on any atom is -0.496 e. The Kier molecular flexibility index (Phi) is 4.82. The molecule has 128 valence electrons. The van der Waals surface area contributed by atoms with Gasteiger partial charge in [0.2, 0.25) is 0 Å². The van der Waals surface area contributed by atoms with Crippen molar-refractivity contribution in [2.24, 2.45) is 5.92 Å². The van der Waals surface area contributed by atoms with Gasteiger partial charge in [-0.3, -0.25) is 4.79 Å². The number of carbonyl (C=O) groups excluding carboxylic acids is 1. The number of aliphatic hydroxyl groups excluding tert-OH is 1. The highest BCUT2D eigenvalue weighted by Gasteiger charge is 2.37. The Labute approximate surface area is 143 Å². The molecule has 24 heavy (non-hydrogen) atoms. The fraction of sp³-hybridized carbons (Fsp3) is 0.412. The normalized spacial score (nSPS) is 21.0. The molecule has 0 spiro atoms. The zero-order valence-corrected chi connectivity index (χ0v) is 14.3. The van der Waals surface area contributed by atoms with E-state index in [0.29, 0.717) is 34.7 Å². The Morgan fingerprint density at radius 1 is 1.50 bits per heavy atom. The number of nitrogens with one attached hydrogen (secondary N) is 1. The molecule has 0 unspecified atom stereocenters. The van der Waals surface area contributed by atoms with Crippen LogP contribution in [-0.4, -0.2) is 29.2 Å². The maximum atomic E-state index is 13.8. The van der Waals surface area contributed by atoms with Gasteiger partial charge in [-0.15, -0.1) is 11.3 Å². The number of halogens is 1. The third-order valence-corrected chi connectivity index (χ3v) is 5.31. The monoisotopic (exact) mass is 350 g/mol. The van der Waals surface area contributed by atoms with Crippen LogP contribution < -0.4 is 10.1 Å². The second-order valence-electron chi connectivity index (χ2n) is 5.99. The predicted octanol–water partition coefficient (Wildman–Crippen LogP) is 2.84. The minimum absolute atomic E-state index is 0.0351. The van der Waals surface area contributed by atoms with Crippen LogP contribution in [0.25, 0.3) is 0 Å². The second-order valence-corrected chi connectivity index (χ2v) is 6.84. The van der Waals surface area contributed by atoms with Crippen molar-refractivity contribution in [3.05, 3.63) is 45.7 Å². The van der Waals surface area contributed by atoms with Crippen molar-refractivity contribution >= 4 is 17.2 Å². The molecule has 1 atom stereocenters. The molecule has 0 radical (unpaired) electrons. The van der Waals surface area contributed by atoms with Crippen molar-refractivity contribution in [1.82, 2.24) is 10.3 Å². The second kappa shape index (κ2) is 6.86. The third-order valence-electron chi connectivity index (χ3n) is 4.39. The number of ether oxygens (including phenoxy) is 1. The van der Waals surface area contributed by atoms with Crippen molar-refractivity contribution in [2.75, 3.05) is 7.11 Å². The van der Waals surface area contributed by atoms with Crippen LogP contribution in [0.2, 0.25) is 0 Å². The van der Waals surface area contributed by atoms with E-state index in [1.54, 1.807) is 18.5 Å². The molecule has 1 saturated carbocycles. The number of thiazole rings is 1. The molecule has 2 aromatic rings. The molecule has 1 amide bonds. The highest BCUT2D eigenvalue weighted by molar-refractivity contribution is 7.11. The Hall–Kier alpha value is -1.99. The summed E-state index contributed by atoms with van der Waals surface area (Å²) in [6.45, 7) is 1.77. The maximum absolute atomic E-state index is 13.8. The fourth-order valence-corrected chi connectivity index (χ4v) is 3.73. The van der Waals surface area contributed by atoms with E-state index in [9.17, 15) is 14.3 Å². The quantitative estimate of drug-likeness (QED) is 0.870. The Bertz CT molecular complexity index is 743. The SMILES string of the molecule is COc1ccc(F)cc1[C@H](NC(=O)c1scnc1C)C1CC(O)C1. The van der Waals surface area contributed by atoms with Crippen LogP contribution in [0.15, 0.2) is 23.7 Å². The first kappa shape index (κ1) is 16.9. The summed E-state index contributed by atoms with van der Waals surface area (Å²) in [6.07, 6.45) is 0.748. The largest absolute Gasteiger partial charge is 0.496 e. The lowest BCUT2D eigenvalue weighted by molar-refractivity contribution is 0.0231. The minimum atomic E-state index is -0.423. The molecule has 1 heterocycles. The lowest BCUT2D eigenvalue weighted by atomic mass is 9.75.